The number of carbonyl (C=O) groups excluding carboxylic acids is 1. The van der Waals surface area contributed by atoms with E-state index in [1.165, 1.54) is 6.92 Å². The molecule has 1 amide bonds. The molecule has 0 fully saturated rings. The minimum atomic E-state index is -1.06. The van der Waals surface area contributed by atoms with Gasteiger partial charge in [0.2, 0.25) is 5.91 Å². The average molecular weight is 338 g/mol. The van der Waals surface area contributed by atoms with Gasteiger partial charge in [0.25, 0.3) is 0 Å². The van der Waals surface area contributed by atoms with Gasteiger partial charge >= 0.3 is 5.97 Å². The van der Waals surface area contributed by atoms with Crippen molar-refractivity contribution in [1.29, 1.82) is 0 Å². The standard InChI is InChI=1S/C18H18N4O3/c1-4-13-8-16(18(24)25)20-17-9-15(21-22(13)17)14-6-5-12(7-10(14)2)19-11(3)23/h5-9H,4H2,1-3H3,(H,19,23)(H,24,25). The number of carboxylic acid groups (broad SMARTS) is 1. The van der Waals surface area contributed by atoms with Crippen molar-refractivity contribution >= 4 is 23.2 Å². The minimum Gasteiger partial charge on any atom is -0.477 e. The van der Waals surface area contributed by atoms with Crippen molar-refractivity contribution in [2.24, 2.45) is 0 Å². The zero-order valence-corrected chi connectivity index (χ0v) is 14.2. The number of aromatic nitrogens is 3. The minimum absolute atomic E-state index is 0.00790. The smallest absolute Gasteiger partial charge is 0.354 e. The van der Waals surface area contributed by atoms with Crippen molar-refractivity contribution < 1.29 is 14.7 Å². The molecule has 0 unspecified atom stereocenters. The first-order valence-electron chi connectivity index (χ1n) is 7.90. The van der Waals surface area contributed by atoms with E-state index < -0.39 is 5.97 Å². The predicted molar refractivity (Wildman–Crippen MR) is 93.8 cm³/mol. The molecule has 3 aromatic rings. The molecular formula is C18H18N4O3. The number of nitrogens with zero attached hydrogens (tertiary/aromatic N) is 3. The van der Waals surface area contributed by atoms with Crippen LogP contribution in [0.25, 0.3) is 16.9 Å². The predicted octanol–water partition coefficient (Wildman–Crippen LogP) is 2.92. The molecule has 1 aromatic carbocycles. The number of carbonyl (C=O) groups is 2. The fourth-order valence-corrected chi connectivity index (χ4v) is 2.76. The van der Waals surface area contributed by atoms with E-state index in [0.29, 0.717) is 17.8 Å². The topological polar surface area (TPSA) is 96.6 Å². The molecule has 0 aliphatic rings. The third kappa shape index (κ3) is 3.21. The Kier molecular flexibility index (Phi) is 4.22. The van der Waals surface area contributed by atoms with E-state index >= 15 is 0 Å². The molecular weight excluding hydrogens is 320 g/mol. The second-order valence-electron chi connectivity index (χ2n) is 5.80. The summed E-state index contributed by atoms with van der Waals surface area (Å²) in [5, 5.41) is 16.5. The molecule has 7 nitrogen and oxygen atoms in total. The highest BCUT2D eigenvalue weighted by Crippen LogP contribution is 2.26. The van der Waals surface area contributed by atoms with E-state index in [1.54, 1.807) is 16.6 Å². The Morgan fingerprint density at radius 1 is 1.24 bits per heavy atom. The lowest BCUT2D eigenvalue weighted by molar-refractivity contribution is -0.114. The van der Waals surface area contributed by atoms with Crippen molar-refractivity contribution in [3.05, 3.63) is 47.3 Å². The van der Waals surface area contributed by atoms with Crippen LogP contribution in [-0.4, -0.2) is 31.6 Å². The van der Waals surface area contributed by atoms with Crippen molar-refractivity contribution in [2.75, 3.05) is 5.32 Å². The molecule has 2 heterocycles. The molecule has 0 spiro atoms. The third-order valence-electron chi connectivity index (χ3n) is 3.91. The van der Waals surface area contributed by atoms with E-state index in [9.17, 15) is 14.7 Å². The van der Waals surface area contributed by atoms with Crippen molar-refractivity contribution in [3.8, 4) is 11.3 Å². The van der Waals surface area contributed by atoms with E-state index in [-0.39, 0.29) is 11.6 Å². The van der Waals surface area contributed by atoms with Gasteiger partial charge in [-0.25, -0.2) is 14.3 Å². The van der Waals surface area contributed by atoms with Crippen LogP contribution in [0.2, 0.25) is 0 Å². The van der Waals surface area contributed by atoms with Gasteiger partial charge in [-0.15, -0.1) is 0 Å². The summed E-state index contributed by atoms with van der Waals surface area (Å²) in [6, 6.07) is 8.87. The van der Waals surface area contributed by atoms with E-state index in [1.807, 2.05) is 32.0 Å². The molecule has 7 heteroatoms. The molecule has 0 aliphatic carbocycles. The first-order chi connectivity index (χ1) is 11.9. The number of carboxylic acids is 1. The molecule has 0 bridgehead atoms. The van der Waals surface area contributed by atoms with E-state index in [0.717, 1.165) is 22.5 Å². The Morgan fingerprint density at radius 2 is 2.00 bits per heavy atom. The zero-order valence-electron chi connectivity index (χ0n) is 14.2. The third-order valence-corrected chi connectivity index (χ3v) is 3.91. The summed E-state index contributed by atoms with van der Waals surface area (Å²) >= 11 is 0. The number of aromatic carboxylic acids is 1. The van der Waals surface area contributed by atoms with Crippen LogP contribution in [0.3, 0.4) is 0 Å². The summed E-state index contributed by atoms with van der Waals surface area (Å²) < 4.78 is 1.67. The summed E-state index contributed by atoms with van der Waals surface area (Å²) in [4.78, 5) is 26.6. The lowest BCUT2D eigenvalue weighted by Crippen LogP contribution is -2.07. The highest BCUT2D eigenvalue weighted by Gasteiger charge is 2.14. The lowest BCUT2D eigenvalue weighted by atomic mass is 10.1. The Balaban J connectivity index is 2.10. The van der Waals surface area contributed by atoms with Crippen LogP contribution in [0.4, 0.5) is 5.69 Å². The molecule has 0 radical (unpaired) electrons. The van der Waals surface area contributed by atoms with Crippen LogP contribution >= 0.6 is 0 Å². The van der Waals surface area contributed by atoms with Gasteiger partial charge in [-0.3, -0.25) is 4.79 Å². The van der Waals surface area contributed by atoms with Crippen LogP contribution in [-0.2, 0) is 11.2 Å². The van der Waals surface area contributed by atoms with Crippen molar-refractivity contribution in [2.45, 2.75) is 27.2 Å². The summed E-state index contributed by atoms with van der Waals surface area (Å²) in [6.45, 7) is 5.33. The monoisotopic (exact) mass is 338 g/mol. The fraction of sp³-hybridized carbons (Fsp3) is 0.222. The summed E-state index contributed by atoms with van der Waals surface area (Å²) in [7, 11) is 0. The number of rotatable bonds is 4. The highest BCUT2D eigenvalue weighted by molar-refractivity contribution is 5.89. The molecule has 3 rings (SSSR count). The number of aryl methyl sites for hydroxylation is 2. The van der Waals surface area contributed by atoms with Crippen molar-refractivity contribution in [1.82, 2.24) is 14.6 Å². The average Bonchev–Trinajstić information content (AvgIpc) is 2.96. The van der Waals surface area contributed by atoms with Gasteiger partial charge in [0.05, 0.1) is 5.69 Å². The zero-order chi connectivity index (χ0) is 18.1. The number of anilines is 1. The Morgan fingerprint density at radius 3 is 2.60 bits per heavy atom. The summed E-state index contributed by atoms with van der Waals surface area (Å²) in [6.07, 6.45) is 0.640. The molecule has 128 valence electrons. The number of fused-ring (bicyclic) bond motifs is 1. The number of hydrogen-bond acceptors (Lipinski definition) is 4. The van der Waals surface area contributed by atoms with Crippen molar-refractivity contribution in [3.63, 3.8) is 0 Å². The van der Waals surface area contributed by atoms with Crippen LogP contribution < -0.4 is 5.32 Å². The van der Waals surface area contributed by atoms with Gasteiger partial charge in [0.1, 0.15) is 0 Å². The van der Waals surface area contributed by atoms with Gasteiger partial charge in [-0.2, -0.15) is 5.10 Å². The molecule has 0 saturated carbocycles. The Bertz CT molecular complexity index is 991. The Hall–Kier alpha value is -3.22. The molecule has 2 aromatic heterocycles. The van der Waals surface area contributed by atoms with Crippen LogP contribution in [0, 0.1) is 6.92 Å². The number of benzene rings is 1. The van der Waals surface area contributed by atoms with Gasteiger partial charge in [0.15, 0.2) is 11.3 Å². The second kappa shape index (κ2) is 6.35. The second-order valence-corrected chi connectivity index (χ2v) is 5.80. The largest absolute Gasteiger partial charge is 0.477 e. The molecule has 0 saturated heterocycles. The maximum atomic E-state index is 11.2. The maximum Gasteiger partial charge on any atom is 0.354 e. The molecule has 2 N–H and O–H groups in total. The number of hydrogen-bond donors (Lipinski definition) is 2. The normalized spacial score (nSPS) is 10.8. The lowest BCUT2D eigenvalue weighted by Gasteiger charge is -2.07. The molecule has 0 aliphatic heterocycles. The van der Waals surface area contributed by atoms with Gasteiger partial charge in [-0.1, -0.05) is 13.0 Å². The summed E-state index contributed by atoms with van der Waals surface area (Å²) in [5.41, 5.74) is 4.56. The first kappa shape index (κ1) is 16.6. The van der Waals surface area contributed by atoms with E-state index in [2.05, 4.69) is 15.4 Å². The molecule has 0 atom stereocenters. The van der Waals surface area contributed by atoms with Gasteiger partial charge < -0.3 is 10.4 Å². The SMILES string of the molecule is CCc1cc(C(=O)O)nc2cc(-c3ccc(NC(C)=O)cc3C)nn12. The van der Waals surface area contributed by atoms with Crippen LogP contribution in [0.15, 0.2) is 30.3 Å². The van der Waals surface area contributed by atoms with Gasteiger partial charge in [0, 0.05) is 29.9 Å². The van der Waals surface area contributed by atoms with Crippen LogP contribution in [0.5, 0.6) is 0 Å². The fourth-order valence-electron chi connectivity index (χ4n) is 2.76. The van der Waals surface area contributed by atoms with Gasteiger partial charge in [-0.05, 0) is 37.1 Å². The number of amides is 1. The number of nitrogens with one attached hydrogen (secondary N) is 1. The highest BCUT2D eigenvalue weighted by atomic mass is 16.4. The summed E-state index contributed by atoms with van der Waals surface area (Å²) in [5.74, 6) is -1.19. The molecule has 25 heavy (non-hydrogen) atoms. The maximum absolute atomic E-state index is 11.2. The quantitative estimate of drug-likeness (QED) is 0.762. The van der Waals surface area contributed by atoms with E-state index in [4.69, 9.17) is 0 Å². The first-order valence-corrected chi connectivity index (χ1v) is 7.90. The Labute approximate surface area is 144 Å². The van der Waals surface area contributed by atoms with Crippen LogP contribution in [0.1, 0.15) is 35.6 Å².